The molecular weight excluding hydrogens is 412 g/mol. The molecule has 30 heavy (non-hydrogen) atoms. The second-order valence-electron chi connectivity index (χ2n) is 10.5. The van der Waals surface area contributed by atoms with Gasteiger partial charge in [-0.15, -0.1) is 0 Å². The standard InChI is InChI=1S/C24H46N2O2S2/c1-18(14-16-25-23(27)19-6-10-21(29)11-7-19)15-17-30(4,5)22-12-8-20(9-13-22)24(28)26(2)3/h18-22,29H,6-17H2,1-5H3,(H,25,27). The number of hydrogen-bond donors (Lipinski definition) is 2. The Morgan fingerprint density at radius 1 is 0.967 bits per heavy atom. The maximum absolute atomic E-state index is 12.4. The van der Waals surface area contributed by atoms with Crippen LogP contribution in [0.15, 0.2) is 0 Å². The van der Waals surface area contributed by atoms with Crippen LogP contribution in [-0.2, 0) is 9.59 Å². The van der Waals surface area contributed by atoms with Gasteiger partial charge in [-0.25, -0.2) is 10.0 Å². The Balaban J connectivity index is 1.64. The molecule has 2 aliphatic rings. The molecule has 0 bridgehead atoms. The summed E-state index contributed by atoms with van der Waals surface area (Å²) < 4.78 is 0. The summed E-state index contributed by atoms with van der Waals surface area (Å²) in [6.07, 6.45) is 16.0. The first-order valence-electron chi connectivity index (χ1n) is 12.0. The number of rotatable bonds is 9. The Hall–Kier alpha value is -0.360. The van der Waals surface area contributed by atoms with Gasteiger partial charge < -0.3 is 10.2 Å². The zero-order chi connectivity index (χ0) is 22.3. The second kappa shape index (κ2) is 12.0. The molecule has 0 aromatic rings. The molecule has 6 heteroatoms. The average molecular weight is 459 g/mol. The third kappa shape index (κ3) is 7.96. The maximum atomic E-state index is 12.4. The molecule has 1 N–H and O–H groups in total. The van der Waals surface area contributed by atoms with Gasteiger partial charge in [0, 0.05) is 37.7 Å². The maximum Gasteiger partial charge on any atom is 0.225 e. The summed E-state index contributed by atoms with van der Waals surface area (Å²) in [5, 5.41) is 4.48. The number of carbonyl (C=O) groups excluding carboxylic acids is 2. The molecule has 0 spiro atoms. The first-order chi connectivity index (χ1) is 14.1. The van der Waals surface area contributed by atoms with E-state index < -0.39 is 10.0 Å². The fourth-order valence-corrected chi connectivity index (χ4v) is 8.24. The molecule has 0 saturated heterocycles. The number of nitrogens with zero attached hydrogens (tertiary/aromatic N) is 1. The van der Waals surface area contributed by atoms with Crippen LogP contribution in [0.4, 0.5) is 0 Å². The van der Waals surface area contributed by atoms with Crippen LogP contribution >= 0.6 is 22.7 Å². The van der Waals surface area contributed by atoms with Gasteiger partial charge in [0.1, 0.15) is 0 Å². The summed E-state index contributed by atoms with van der Waals surface area (Å²) in [7, 11) is 3.12. The van der Waals surface area contributed by atoms with Gasteiger partial charge in [-0.2, -0.15) is 12.6 Å². The third-order valence-electron chi connectivity index (χ3n) is 7.51. The predicted molar refractivity (Wildman–Crippen MR) is 135 cm³/mol. The first kappa shape index (κ1) is 25.9. The molecule has 4 nitrogen and oxygen atoms in total. The first-order valence-corrected chi connectivity index (χ1v) is 15.2. The van der Waals surface area contributed by atoms with E-state index in [2.05, 4.69) is 37.4 Å². The van der Waals surface area contributed by atoms with Crippen molar-refractivity contribution >= 4 is 34.5 Å². The van der Waals surface area contributed by atoms with Gasteiger partial charge in [0.2, 0.25) is 11.8 Å². The monoisotopic (exact) mass is 458 g/mol. The molecule has 176 valence electrons. The van der Waals surface area contributed by atoms with Crippen molar-refractivity contribution in [2.24, 2.45) is 17.8 Å². The molecule has 2 fully saturated rings. The van der Waals surface area contributed by atoms with Gasteiger partial charge in [-0.05, 0) is 93.6 Å². The van der Waals surface area contributed by atoms with E-state index in [0.717, 1.165) is 56.7 Å². The Labute approximate surface area is 192 Å². The van der Waals surface area contributed by atoms with Crippen LogP contribution in [-0.4, -0.2) is 66.1 Å². The van der Waals surface area contributed by atoms with Gasteiger partial charge in [-0.1, -0.05) is 6.92 Å². The molecule has 2 amide bonds. The van der Waals surface area contributed by atoms with Crippen LogP contribution in [0.25, 0.3) is 0 Å². The lowest BCUT2D eigenvalue weighted by molar-refractivity contribution is -0.133. The van der Waals surface area contributed by atoms with E-state index >= 15 is 0 Å². The molecule has 2 aliphatic carbocycles. The molecule has 1 unspecified atom stereocenters. The molecule has 2 saturated carbocycles. The molecule has 0 heterocycles. The molecule has 2 rings (SSSR count). The Morgan fingerprint density at radius 3 is 2.10 bits per heavy atom. The topological polar surface area (TPSA) is 49.4 Å². The number of thiol groups is 1. The van der Waals surface area contributed by atoms with Gasteiger partial charge in [0.05, 0.1) is 0 Å². The largest absolute Gasteiger partial charge is 0.356 e. The summed E-state index contributed by atoms with van der Waals surface area (Å²) in [4.78, 5) is 26.4. The van der Waals surface area contributed by atoms with Gasteiger partial charge in [-0.3, -0.25) is 9.59 Å². The second-order valence-corrected chi connectivity index (χ2v) is 15.6. The highest BCUT2D eigenvalue weighted by Crippen LogP contribution is 2.52. The number of hydrogen-bond acceptors (Lipinski definition) is 3. The Bertz CT molecular complexity index is 551. The highest BCUT2D eigenvalue weighted by Gasteiger charge is 2.33. The minimum absolute atomic E-state index is 0.210. The van der Waals surface area contributed by atoms with Crippen LogP contribution in [0.3, 0.4) is 0 Å². The highest BCUT2D eigenvalue weighted by molar-refractivity contribution is 8.33. The van der Waals surface area contributed by atoms with Crippen LogP contribution in [0.5, 0.6) is 0 Å². The lowest BCUT2D eigenvalue weighted by Gasteiger charge is -2.44. The van der Waals surface area contributed by atoms with Crippen molar-refractivity contribution in [3.8, 4) is 0 Å². The van der Waals surface area contributed by atoms with Crippen molar-refractivity contribution in [3.05, 3.63) is 0 Å². The Morgan fingerprint density at radius 2 is 1.53 bits per heavy atom. The lowest BCUT2D eigenvalue weighted by atomic mass is 9.88. The van der Waals surface area contributed by atoms with Crippen LogP contribution in [0, 0.1) is 17.8 Å². The van der Waals surface area contributed by atoms with Crippen molar-refractivity contribution in [2.75, 3.05) is 38.9 Å². The third-order valence-corrected chi connectivity index (χ3v) is 11.6. The number of carbonyl (C=O) groups is 2. The van der Waals surface area contributed by atoms with E-state index in [9.17, 15) is 9.59 Å². The van der Waals surface area contributed by atoms with Crippen LogP contribution < -0.4 is 5.32 Å². The summed E-state index contributed by atoms with van der Waals surface area (Å²) in [6.45, 7) is 3.15. The van der Waals surface area contributed by atoms with Gasteiger partial charge in [0.15, 0.2) is 0 Å². The molecular formula is C24H46N2O2S2. The van der Waals surface area contributed by atoms with Crippen molar-refractivity contribution in [1.29, 1.82) is 0 Å². The van der Waals surface area contributed by atoms with Gasteiger partial charge >= 0.3 is 0 Å². The fourth-order valence-electron chi connectivity index (χ4n) is 5.05. The molecule has 0 radical (unpaired) electrons. The zero-order valence-electron chi connectivity index (χ0n) is 20.0. The summed E-state index contributed by atoms with van der Waals surface area (Å²) in [6, 6.07) is 0. The quantitative estimate of drug-likeness (QED) is 0.491. The number of amides is 2. The van der Waals surface area contributed by atoms with E-state index in [1.165, 1.54) is 25.0 Å². The fraction of sp³-hybridized carbons (Fsp3) is 0.917. The SMILES string of the molecule is CC(CCNC(=O)C1CCC(S)CC1)CCS(C)(C)C1CCC(C(=O)N(C)C)CC1. The highest BCUT2D eigenvalue weighted by atomic mass is 32.3. The van der Waals surface area contributed by atoms with Gasteiger partial charge in [0.25, 0.3) is 0 Å². The lowest BCUT2D eigenvalue weighted by Crippen LogP contribution is -2.35. The zero-order valence-corrected chi connectivity index (χ0v) is 21.7. The van der Waals surface area contributed by atoms with E-state index in [-0.39, 0.29) is 17.7 Å². The van der Waals surface area contributed by atoms with E-state index in [1.807, 2.05) is 14.1 Å². The van der Waals surface area contributed by atoms with E-state index in [0.29, 0.717) is 17.1 Å². The van der Waals surface area contributed by atoms with Crippen LogP contribution in [0.2, 0.25) is 0 Å². The van der Waals surface area contributed by atoms with Crippen molar-refractivity contribution in [1.82, 2.24) is 10.2 Å². The average Bonchev–Trinajstić information content (AvgIpc) is 2.72. The van der Waals surface area contributed by atoms with Crippen molar-refractivity contribution < 1.29 is 9.59 Å². The Kier molecular flexibility index (Phi) is 10.4. The van der Waals surface area contributed by atoms with E-state index in [4.69, 9.17) is 0 Å². The molecule has 0 aliphatic heterocycles. The van der Waals surface area contributed by atoms with Crippen molar-refractivity contribution in [3.63, 3.8) is 0 Å². The summed E-state index contributed by atoms with van der Waals surface area (Å²) >= 11 is 4.53. The predicted octanol–water partition coefficient (Wildman–Crippen LogP) is 4.72. The van der Waals surface area contributed by atoms with E-state index in [1.54, 1.807) is 4.90 Å². The molecule has 0 aromatic carbocycles. The van der Waals surface area contributed by atoms with Crippen molar-refractivity contribution in [2.45, 2.75) is 81.6 Å². The molecule has 1 atom stereocenters. The normalized spacial score (nSPS) is 29.1. The minimum Gasteiger partial charge on any atom is -0.356 e. The summed E-state index contributed by atoms with van der Waals surface area (Å²) in [5.74, 6) is 2.99. The smallest absolute Gasteiger partial charge is 0.225 e. The summed E-state index contributed by atoms with van der Waals surface area (Å²) in [5.41, 5.74) is 0. The molecule has 0 aromatic heterocycles. The minimum atomic E-state index is -0.631. The van der Waals surface area contributed by atoms with Crippen LogP contribution in [0.1, 0.15) is 71.1 Å². The number of nitrogens with one attached hydrogen (secondary N) is 1.